The van der Waals surface area contributed by atoms with Crippen LogP contribution >= 0.6 is 27.3 Å². The topological polar surface area (TPSA) is 102 Å². The zero-order valence-electron chi connectivity index (χ0n) is 18.3. The highest BCUT2D eigenvalue weighted by molar-refractivity contribution is 9.11. The quantitative estimate of drug-likeness (QED) is 0.529. The number of ether oxygens (including phenoxy) is 1. The standard InChI is InChI=1S/C21H27BrN2O5S2/c1-12-9-13(2)18(14(3)10-12)31(27,28)24-15(20(26)29-21(4,5)6)11-23-19(25)16-7-8-17(22)30-16/h7-10,15,24H,11H2,1-6H3,(H,23,25). The molecule has 0 saturated carbocycles. The van der Waals surface area contributed by atoms with Crippen molar-refractivity contribution in [3.8, 4) is 0 Å². The van der Waals surface area contributed by atoms with Crippen LogP contribution in [-0.2, 0) is 19.6 Å². The molecule has 0 bridgehead atoms. The fraction of sp³-hybridized carbons (Fsp3) is 0.429. The van der Waals surface area contributed by atoms with Crippen molar-refractivity contribution in [1.82, 2.24) is 10.0 Å². The molecule has 2 aromatic rings. The van der Waals surface area contributed by atoms with Crippen LogP contribution in [0.4, 0.5) is 0 Å². The van der Waals surface area contributed by atoms with E-state index in [1.807, 2.05) is 6.92 Å². The molecular formula is C21H27BrN2O5S2. The number of carbonyl (C=O) groups is 2. The van der Waals surface area contributed by atoms with Gasteiger partial charge in [0.15, 0.2) is 0 Å². The maximum absolute atomic E-state index is 13.1. The summed E-state index contributed by atoms with van der Waals surface area (Å²) in [7, 11) is -4.05. The largest absolute Gasteiger partial charge is 0.459 e. The van der Waals surface area contributed by atoms with Gasteiger partial charge in [0.25, 0.3) is 5.91 Å². The SMILES string of the molecule is Cc1cc(C)c(S(=O)(=O)NC(CNC(=O)c2ccc(Br)s2)C(=O)OC(C)(C)C)c(C)c1. The van der Waals surface area contributed by atoms with Gasteiger partial charge in [0.1, 0.15) is 11.6 Å². The summed E-state index contributed by atoms with van der Waals surface area (Å²) in [4.78, 5) is 25.7. The van der Waals surface area contributed by atoms with Crippen molar-refractivity contribution in [2.45, 2.75) is 58.1 Å². The molecule has 0 aliphatic heterocycles. The third kappa shape index (κ3) is 7.13. The first-order valence-electron chi connectivity index (χ1n) is 9.56. The van der Waals surface area contributed by atoms with E-state index in [1.165, 1.54) is 11.3 Å². The van der Waals surface area contributed by atoms with E-state index in [0.717, 1.165) is 9.35 Å². The Labute approximate surface area is 195 Å². The summed E-state index contributed by atoms with van der Waals surface area (Å²) in [6, 6.07) is 5.60. The number of sulfonamides is 1. The number of aryl methyl sites for hydroxylation is 3. The van der Waals surface area contributed by atoms with Crippen LogP contribution in [0.1, 0.15) is 47.1 Å². The number of thiophene rings is 1. The minimum absolute atomic E-state index is 0.111. The molecule has 31 heavy (non-hydrogen) atoms. The first-order valence-corrected chi connectivity index (χ1v) is 12.7. The van der Waals surface area contributed by atoms with Gasteiger partial charge in [-0.05, 0) is 80.7 Å². The Balaban J connectivity index is 2.29. The summed E-state index contributed by atoms with van der Waals surface area (Å²) in [5, 5.41) is 2.61. The lowest BCUT2D eigenvalue weighted by atomic mass is 10.1. The zero-order chi connectivity index (χ0) is 23.6. The predicted molar refractivity (Wildman–Crippen MR) is 125 cm³/mol. The van der Waals surface area contributed by atoms with Crippen LogP contribution in [0.3, 0.4) is 0 Å². The highest BCUT2D eigenvalue weighted by Crippen LogP contribution is 2.23. The van der Waals surface area contributed by atoms with Crippen molar-refractivity contribution in [3.63, 3.8) is 0 Å². The molecule has 2 rings (SSSR count). The van der Waals surface area contributed by atoms with Gasteiger partial charge in [0.05, 0.1) is 13.6 Å². The number of halogens is 1. The molecular weight excluding hydrogens is 504 g/mol. The van der Waals surface area contributed by atoms with E-state index in [9.17, 15) is 18.0 Å². The van der Waals surface area contributed by atoms with Gasteiger partial charge in [0, 0.05) is 6.54 Å². The van der Waals surface area contributed by atoms with E-state index in [-0.39, 0.29) is 11.4 Å². The summed E-state index contributed by atoms with van der Waals surface area (Å²) < 4.78 is 34.9. The average Bonchev–Trinajstić information content (AvgIpc) is 3.02. The van der Waals surface area contributed by atoms with Gasteiger partial charge in [-0.15, -0.1) is 11.3 Å². The molecule has 2 N–H and O–H groups in total. The second-order valence-corrected chi connectivity index (χ2v) is 12.4. The maximum Gasteiger partial charge on any atom is 0.326 e. The molecule has 1 aromatic heterocycles. The third-order valence-electron chi connectivity index (χ3n) is 4.13. The third-order valence-corrected chi connectivity index (χ3v) is 7.52. The molecule has 1 amide bonds. The van der Waals surface area contributed by atoms with Gasteiger partial charge < -0.3 is 10.1 Å². The van der Waals surface area contributed by atoms with E-state index in [2.05, 4.69) is 26.0 Å². The predicted octanol–water partition coefficient (Wildman–Crippen LogP) is 3.85. The summed E-state index contributed by atoms with van der Waals surface area (Å²) in [5.74, 6) is -1.18. The summed E-state index contributed by atoms with van der Waals surface area (Å²) in [5.41, 5.74) is 1.26. The molecule has 0 fully saturated rings. The molecule has 1 unspecified atom stereocenters. The Bertz CT molecular complexity index is 1060. The van der Waals surface area contributed by atoms with Crippen LogP contribution in [0, 0.1) is 20.8 Å². The number of hydrogen-bond acceptors (Lipinski definition) is 6. The number of benzene rings is 1. The van der Waals surface area contributed by atoms with Crippen LogP contribution < -0.4 is 10.0 Å². The molecule has 0 radical (unpaired) electrons. The van der Waals surface area contributed by atoms with Crippen molar-refractivity contribution in [2.75, 3.05) is 6.54 Å². The molecule has 0 aliphatic carbocycles. The Hall–Kier alpha value is -1.75. The van der Waals surface area contributed by atoms with Crippen LogP contribution in [-0.4, -0.2) is 38.5 Å². The average molecular weight is 531 g/mol. The number of nitrogens with one attached hydrogen (secondary N) is 2. The normalized spacial score (nSPS) is 13.0. The summed E-state index contributed by atoms with van der Waals surface area (Å²) in [6.07, 6.45) is 0. The molecule has 0 spiro atoms. The van der Waals surface area contributed by atoms with Crippen molar-refractivity contribution in [1.29, 1.82) is 0 Å². The van der Waals surface area contributed by atoms with Gasteiger partial charge in [0.2, 0.25) is 10.0 Å². The first-order chi connectivity index (χ1) is 14.2. The molecule has 0 aliphatic rings. The molecule has 1 aromatic carbocycles. The minimum atomic E-state index is -4.05. The summed E-state index contributed by atoms with van der Waals surface area (Å²) >= 11 is 4.52. The van der Waals surface area contributed by atoms with Crippen molar-refractivity contribution in [2.24, 2.45) is 0 Å². The minimum Gasteiger partial charge on any atom is -0.459 e. The number of amides is 1. The maximum atomic E-state index is 13.1. The number of hydrogen-bond donors (Lipinski definition) is 2. The lowest BCUT2D eigenvalue weighted by Gasteiger charge is -2.25. The molecule has 7 nitrogen and oxygen atoms in total. The van der Waals surface area contributed by atoms with E-state index in [4.69, 9.17) is 4.74 Å². The number of esters is 1. The van der Waals surface area contributed by atoms with Gasteiger partial charge in [-0.1, -0.05) is 17.7 Å². The zero-order valence-corrected chi connectivity index (χ0v) is 21.5. The summed E-state index contributed by atoms with van der Waals surface area (Å²) in [6.45, 7) is 10.1. The lowest BCUT2D eigenvalue weighted by Crippen LogP contribution is -2.50. The molecule has 10 heteroatoms. The second-order valence-electron chi connectivity index (χ2n) is 8.25. The highest BCUT2D eigenvalue weighted by atomic mass is 79.9. The fourth-order valence-corrected chi connectivity index (χ4v) is 6.04. The molecule has 170 valence electrons. The van der Waals surface area contributed by atoms with Gasteiger partial charge in [-0.3, -0.25) is 9.59 Å². The van der Waals surface area contributed by atoms with Crippen LogP contribution in [0.2, 0.25) is 0 Å². The highest BCUT2D eigenvalue weighted by Gasteiger charge is 2.32. The van der Waals surface area contributed by atoms with Crippen LogP contribution in [0.5, 0.6) is 0 Å². The molecule has 1 heterocycles. The van der Waals surface area contributed by atoms with Crippen LogP contribution in [0.15, 0.2) is 32.9 Å². The van der Waals surface area contributed by atoms with E-state index < -0.39 is 33.5 Å². The smallest absolute Gasteiger partial charge is 0.326 e. The monoisotopic (exact) mass is 530 g/mol. The fourth-order valence-electron chi connectivity index (χ4n) is 3.10. The number of rotatable bonds is 7. The van der Waals surface area contributed by atoms with E-state index in [0.29, 0.717) is 16.0 Å². The van der Waals surface area contributed by atoms with Gasteiger partial charge in [-0.25, -0.2) is 8.42 Å². The Morgan fingerprint density at radius 1 is 1.13 bits per heavy atom. The van der Waals surface area contributed by atoms with Gasteiger partial charge >= 0.3 is 5.97 Å². The van der Waals surface area contributed by atoms with E-state index >= 15 is 0 Å². The first kappa shape index (κ1) is 25.5. The molecule has 1 atom stereocenters. The second kappa shape index (κ2) is 9.81. The van der Waals surface area contributed by atoms with Crippen LogP contribution in [0.25, 0.3) is 0 Å². The van der Waals surface area contributed by atoms with Gasteiger partial charge in [-0.2, -0.15) is 4.72 Å². The van der Waals surface area contributed by atoms with E-state index in [1.54, 1.807) is 58.9 Å². The molecule has 0 saturated heterocycles. The van der Waals surface area contributed by atoms with Crippen molar-refractivity contribution >= 4 is 49.2 Å². The lowest BCUT2D eigenvalue weighted by molar-refractivity contribution is -0.156. The van der Waals surface area contributed by atoms with Crippen molar-refractivity contribution < 1.29 is 22.7 Å². The van der Waals surface area contributed by atoms with Crippen molar-refractivity contribution in [3.05, 3.63) is 49.6 Å². The Kier molecular flexibility index (Phi) is 8.07. The Morgan fingerprint density at radius 2 is 1.71 bits per heavy atom. The number of carbonyl (C=O) groups excluding carboxylic acids is 2. The Morgan fingerprint density at radius 3 is 2.19 bits per heavy atom.